The van der Waals surface area contributed by atoms with Gasteiger partial charge in [-0.05, 0) is 34.5 Å². The van der Waals surface area contributed by atoms with Crippen LogP contribution in [-0.4, -0.2) is 25.7 Å². The van der Waals surface area contributed by atoms with Gasteiger partial charge in [-0.3, -0.25) is 0 Å². The predicted molar refractivity (Wildman–Crippen MR) is 80.6 cm³/mol. The lowest BCUT2D eigenvalue weighted by Crippen LogP contribution is -2.38. The Morgan fingerprint density at radius 1 is 1.21 bits per heavy atom. The average molecular weight is 329 g/mol. The number of benzene rings is 1. The normalized spacial score (nSPS) is 10.0. The molecule has 0 aliphatic carbocycles. The zero-order valence-corrected chi connectivity index (χ0v) is 12.8. The lowest BCUT2D eigenvalue weighted by atomic mass is 10.2. The predicted octanol–water partition coefficient (Wildman–Crippen LogP) is 3.32. The number of urea groups is 1. The summed E-state index contributed by atoms with van der Waals surface area (Å²) in [6, 6.07) is 7.51. The fraction of sp³-hybridized carbons (Fsp3) is 0.500. The summed E-state index contributed by atoms with van der Waals surface area (Å²) in [4.78, 5) is 11.4. The fourth-order valence-electron chi connectivity index (χ4n) is 1.53. The molecule has 0 spiro atoms. The lowest BCUT2D eigenvalue weighted by Gasteiger charge is -2.09. The SMILES string of the molecule is CCCCCNC(=O)NCCOc1ccccc1Br. The summed E-state index contributed by atoms with van der Waals surface area (Å²) >= 11 is 3.40. The van der Waals surface area contributed by atoms with Crippen LogP contribution in [0.2, 0.25) is 0 Å². The van der Waals surface area contributed by atoms with Gasteiger partial charge in [0.1, 0.15) is 12.4 Å². The Balaban J connectivity index is 2.07. The van der Waals surface area contributed by atoms with E-state index in [0.29, 0.717) is 13.2 Å². The molecule has 1 aromatic rings. The van der Waals surface area contributed by atoms with Crippen molar-refractivity contribution in [3.05, 3.63) is 28.7 Å². The van der Waals surface area contributed by atoms with Crippen LogP contribution < -0.4 is 15.4 Å². The highest BCUT2D eigenvalue weighted by Gasteiger charge is 2.00. The van der Waals surface area contributed by atoms with Crippen molar-refractivity contribution in [3.63, 3.8) is 0 Å². The molecule has 2 amide bonds. The van der Waals surface area contributed by atoms with Gasteiger partial charge in [-0.2, -0.15) is 0 Å². The molecule has 0 fully saturated rings. The molecule has 5 heteroatoms. The number of amides is 2. The number of ether oxygens (including phenoxy) is 1. The molecule has 106 valence electrons. The van der Waals surface area contributed by atoms with Crippen LogP contribution in [0.25, 0.3) is 0 Å². The largest absolute Gasteiger partial charge is 0.491 e. The number of unbranched alkanes of at least 4 members (excludes halogenated alkanes) is 2. The van der Waals surface area contributed by atoms with Gasteiger partial charge in [0.2, 0.25) is 0 Å². The lowest BCUT2D eigenvalue weighted by molar-refractivity contribution is 0.236. The molecule has 0 saturated heterocycles. The molecular formula is C14H21BrN2O2. The van der Waals surface area contributed by atoms with Crippen molar-refractivity contribution in [2.24, 2.45) is 0 Å². The smallest absolute Gasteiger partial charge is 0.314 e. The number of carbonyl (C=O) groups is 1. The Bertz CT molecular complexity index is 385. The van der Waals surface area contributed by atoms with Gasteiger partial charge in [0.05, 0.1) is 11.0 Å². The summed E-state index contributed by atoms with van der Waals surface area (Å²) in [5, 5.41) is 5.57. The third-order valence-corrected chi connectivity index (χ3v) is 3.20. The average Bonchev–Trinajstić information content (AvgIpc) is 2.41. The summed E-state index contributed by atoms with van der Waals surface area (Å²) in [6.07, 6.45) is 3.33. The summed E-state index contributed by atoms with van der Waals surface area (Å²) in [6.45, 7) is 3.80. The molecular weight excluding hydrogens is 308 g/mol. The second-order valence-electron chi connectivity index (χ2n) is 4.17. The first-order valence-electron chi connectivity index (χ1n) is 6.63. The number of para-hydroxylation sites is 1. The molecule has 0 aliphatic heterocycles. The van der Waals surface area contributed by atoms with Gasteiger partial charge in [0.25, 0.3) is 0 Å². The molecule has 1 aromatic carbocycles. The van der Waals surface area contributed by atoms with Gasteiger partial charge in [0.15, 0.2) is 0 Å². The van der Waals surface area contributed by atoms with Crippen LogP contribution in [0.4, 0.5) is 4.79 Å². The van der Waals surface area contributed by atoms with Gasteiger partial charge in [-0.15, -0.1) is 0 Å². The number of halogens is 1. The highest BCUT2D eigenvalue weighted by atomic mass is 79.9. The fourth-order valence-corrected chi connectivity index (χ4v) is 1.93. The van der Waals surface area contributed by atoms with E-state index in [9.17, 15) is 4.79 Å². The monoisotopic (exact) mass is 328 g/mol. The van der Waals surface area contributed by atoms with Gasteiger partial charge in [0, 0.05) is 6.54 Å². The molecule has 0 heterocycles. The highest BCUT2D eigenvalue weighted by Crippen LogP contribution is 2.23. The number of rotatable bonds is 8. The summed E-state index contributed by atoms with van der Waals surface area (Å²) in [7, 11) is 0. The van der Waals surface area contributed by atoms with Gasteiger partial charge in [-0.1, -0.05) is 31.9 Å². The van der Waals surface area contributed by atoms with Crippen molar-refractivity contribution < 1.29 is 9.53 Å². The van der Waals surface area contributed by atoms with E-state index in [1.807, 2.05) is 24.3 Å². The van der Waals surface area contributed by atoms with Crippen molar-refractivity contribution in [1.29, 1.82) is 0 Å². The van der Waals surface area contributed by atoms with Crippen LogP contribution >= 0.6 is 15.9 Å². The molecule has 0 aliphatic rings. The molecule has 1 rings (SSSR count). The number of hydrogen-bond donors (Lipinski definition) is 2. The molecule has 0 saturated carbocycles. The number of carbonyl (C=O) groups excluding carboxylic acids is 1. The van der Waals surface area contributed by atoms with Crippen molar-refractivity contribution in [2.45, 2.75) is 26.2 Å². The molecule has 2 N–H and O–H groups in total. The quantitative estimate of drug-likeness (QED) is 0.719. The van der Waals surface area contributed by atoms with Crippen LogP contribution in [0, 0.1) is 0 Å². The molecule has 0 bridgehead atoms. The van der Waals surface area contributed by atoms with E-state index in [1.165, 1.54) is 0 Å². The highest BCUT2D eigenvalue weighted by molar-refractivity contribution is 9.10. The first-order chi connectivity index (χ1) is 9.24. The van der Waals surface area contributed by atoms with Gasteiger partial charge < -0.3 is 15.4 Å². The minimum Gasteiger partial charge on any atom is -0.491 e. The zero-order chi connectivity index (χ0) is 13.9. The minimum atomic E-state index is -0.133. The first-order valence-corrected chi connectivity index (χ1v) is 7.42. The maximum absolute atomic E-state index is 11.4. The van der Waals surface area contributed by atoms with Crippen molar-refractivity contribution in [1.82, 2.24) is 10.6 Å². The van der Waals surface area contributed by atoms with E-state index in [-0.39, 0.29) is 6.03 Å². The molecule has 0 unspecified atom stereocenters. The minimum absolute atomic E-state index is 0.133. The summed E-state index contributed by atoms with van der Waals surface area (Å²) in [5.74, 6) is 0.785. The summed E-state index contributed by atoms with van der Waals surface area (Å²) in [5.41, 5.74) is 0. The maximum atomic E-state index is 11.4. The molecule has 0 aromatic heterocycles. The molecule has 19 heavy (non-hydrogen) atoms. The third kappa shape index (κ3) is 7.06. The van der Waals surface area contributed by atoms with Crippen molar-refractivity contribution >= 4 is 22.0 Å². The Hall–Kier alpha value is -1.23. The van der Waals surface area contributed by atoms with Crippen LogP contribution in [0.15, 0.2) is 28.7 Å². The third-order valence-electron chi connectivity index (χ3n) is 2.55. The topological polar surface area (TPSA) is 50.4 Å². The number of hydrogen-bond acceptors (Lipinski definition) is 2. The first kappa shape index (κ1) is 15.8. The Morgan fingerprint density at radius 2 is 1.95 bits per heavy atom. The molecule has 0 radical (unpaired) electrons. The van der Waals surface area contributed by atoms with Gasteiger partial charge >= 0.3 is 6.03 Å². The van der Waals surface area contributed by atoms with E-state index in [4.69, 9.17) is 4.74 Å². The van der Waals surface area contributed by atoms with E-state index < -0.39 is 0 Å². The second-order valence-corrected chi connectivity index (χ2v) is 5.02. The van der Waals surface area contributed by atoms with E-state index in [2.05, 4.69) is 33.5 Å². The van der Waals surface area contributed by atoms with Crippen LogP contribution in [0.3, 0.4) is 0 Å². The maximum Gasteiger partial charge on any atom is 0.314 e. The number of nitrogens with one attached hydrogen (secondary N) is 2. The Morgan fingerprint density at radius 3 is 2.68 bits per heavy atom. The van der Waals surface area contributed by atoms with Crippen LogP contribution in [-0.2, 0) is 0 Å². The standard InChI is InChI=1S/C14H21BrN2O2/c1-2-3-6-9-16-14(18)17-10-11-19-13-8-5-4-7-12(13)15/h4-5,7-8H,2-3,6,9-11H2,1H3,(H2,16,17,18). The second kappa shape index (κ2) is 9.67. The van der Waals surface area contributed by atoms with E-state index in [1.54, 1.807) is 0 Å². The summed E-state index contributed by atoms with van der Waals surface area (Å²) < 4.78 is 6.46. The van der Waals surface area contributed by atoms with E-state index >= 15 is 0 Å². The van der Waals surface area contributed by atoms with E-state index in [0.717, 1.165) is 36.0 Å². The van der Waals surface area contributed by atoms with Gasteiger partial charge in [-0.25, -0.2) is 4.79 Å². The van der Waals surface area contributed by atoms with Crippen molar-refractivity contribution in [2.75, 3.05) is 19.7 Å². The molecule has 0 atom stereocenters. The zero-order valence-electron chi connectivity index (χ0n) is 11.2. The van der Waals surface area contributed by atoms with Crippen LogP contribution in [0.5, 0.6) is 5.75 Å². The molecule has 4 nitrogen and oxygen atoms in total. The Labute approximate surface area is 123 Å². The van der Waals surface area contributed by atoms with Crippen molar-refractivity contribution in [3.8, 4) is 5.75 Å². The van der Waals surface area contributed by atoms with Crippen LogP contribution in [0.1, 0.15) is 26.2 Å². The Kier molecular flexibility index (Phi) is 8.05.